The van der Waals surface area contributed by atoms with Gasteiger partial charge in [-0.2, -0.15) is 0 Å². The van der Waals surface area contributed by atoms with E-state index in [0.29, 0.717) is 5.92 Å². The molecule has 0 fully saturated rings. The van der Waals surface area contributed by atoms with Gasteiger partial charge in [0.05, 0.1) is 6.61 Å². The highest BCUT2D eigenvalue weighted by molar-refractivity contribution is 6.31. The average Bonchev–Trinajstić information content (AvgIpc) is 2.53. The SMILES string of the molecule is CC.Cc1cc2c(cc1Cl)OCC2C. The van der Waals surface area contributed by atoms with Crippen molar-refractivity contribution in [3.8, 4) is 5.75 Å². The maximum absolute atomic E-state index is 5.96. The van der Waals surface area contributed by atoms with E-state index in [1.54, 1.807) is 0 Å². The highest BCUT2D eigenvalue weighted by atomic mass is 35.5. The summed E-state index contributed by atoms with van der Waals surface area (Å²) in [6, 6.07) is 4.03. The Balaban J connectivity index is 0.000000461. The molecule has 1 aliphatic rings. The summed E-state index contributed by atoms with van der Waals surface area (Å²) in [6.07, 6.45) is 0. The van der Waals surface area contributed by atoms with E-state index >= 15 is 0 Å². The van der Waals surface area contributed by atoms with Crippen LogP contribution in [0.5, 0.6) is 5.75 Å². The minimum atomic E-state index is 0.510. The third kappa shape index (κ3) is 2.03. The predicted octanol–water partition coefficient (Wildman–Crippen LogP) is 4.17. The number of ether oxygens (including phenoxy) is 1. The quantitative estimate of drug-likeness (QED) is 0.627. The van der Waals surface area contributed by atoms with Gasteiger partial charge in [0.2, 0.25) is 0 Å². The number of fused-ring (bicyclic) bond motifs is 1. The normalized spacial score (nSPS) is 17.9. The van der Waals surface area contributed by atoms with Crippen molar-refractivity contribution >= 4 is 11.6 Å². The van der Waals surface area contributed by atoms with E-state index in [4.69, 9.17) is 16.3 Å². The zero-order chi connectivity index (χ0) is 10.7. The average molecular weight is 213 g/mol. The van der Waals surface area contributed by atoms with Gasteiger partial charge >= 0.3 is 0 Å². The number of hydrogen-bond donors (Lipinski definition) is 0. The van der Waals surface area contributed by atoms with Crippen LogP contribution in [0, 0.1) is 6.92 Å². The lowest BCUT2D eigenvalue weighted by molar-refractivity contribution is 0.337. The second-order valence-corrected chi connectivity index (χ2v) is 3.76. The molecule has 1 aromatic carbocycles. The Kier molecular flexibility index (Phi) is 3.82. The Morgan fingerprint density at radius 1 is 1.36 bits per heavy atom. The number of benzene rings is 1. The van der Waals surface area contributed by atoms with E-state index < -0.39 is 0 Å². The molecular formula is C12H17ClO. The molecule has 1 heterocycles. The zero-order valence-electron chi connectivity index (χ0n) is 9.23. The summed E-state index contributed by atoms with van der Waals surface area (Å²) in [6.45, 7) is 8.97. The second kappa shape index (κ2) is 4.70. The number of rotatable bonds is 0. The summed E-state index contributed by atoms with van der Waals surface area (Å²) >= 11 is 5.96. The minimum Gasteiger partial charge on any atom is -0.493 e. The molecular weight excluding hydrogens is 196 g/mol. The van der Waals surface area contributed by atoms with E-state index in [1.165, 1.54) is 5.56 Å². The largest absolute Gasteiger partial charge is 0.493 e. The van der Waals surface area contributed by atoms with Crippen LogP contribution in [0.3, 0.4) is 0 Å². The Labute approximate surface area is 91.0 Å². The third-order valence-electron chi connectivity index (χ3n) is 2.31. The van der Waals surface area contributed by atoms with Crippen LogP contribution in [0.2, 0.25) is 5.02 Å². The van der Waals surface area contributed by atoms with Crippen molar-refractivity contribution in [1.29, 1.82) is 0 Å². The fourth-order valence-electron chi connectivity index (χ4n) is 1.50. The monoisotopic (exact) mass is 212 g/mol. The van der Waals surface area contributed by atoms with Gasteiger partial charge in [0.15, 0.2) is 0 Å². The first-order valence-electron chi connectivity index (χ1n) is 5.11. The fraction of sp³-hybridized carbons (Fsp3) is 0.500. The van der Waals surface area contributed by atoms with E-state index in [2.05, 4.69) is 13.0 Å². The molecule has 1 aromatic rings. The topological polar surface area (TPSA) is 9.23 Å². The standard InChI is InChI=1S/C10H11ClO.C2H6/c1-6-3-8-7(2)5-12-10(8)4-9(6)11;1-2/h3-4,7H,5H2,1-2H3;1-2H3. The van der Waals surface area contributed by atoms with Gasteiger partial charge < -0.3 is 4.74 Å². The molecule has 1 atom stereocenters. The molecule has 0 saturated heterocycles. The van der Waals surface area contributed by atoms with Crippen LogP contribution in [0.4, 0.5) is 0 Å². The van der Waals surface area contributed by atoms with Crippen molar-refractivity contribution in [3.63, 3.8) is 0 Å². The smallest absolute Gasteiger partial charge is 0.124 e. The van der Waals surface area contributed by atoms with Crippen molar-refractivity contribution in [3.05, 3.63) is 28.3 Å². The summed E-state index contributed by atoms with van der Waals surface area (Å²) < 4.78 is 5.46. The molecule has 1 unspecified atom stereocenters. The molecule has 14 heavy (non-hydrogen) atoms. The van der Waals surface area contributed by atoms with Crippen molar-refractivity contribution < 1.29 is 4.74 Å². The van der Waals surface area contributed by atoms with Gasteiger partial charge in [0, 0.05) is 16.5 Å². The van der Waals surface area contributed by atoms with Crippen LogP contribution in [-0.4, -0.2) is 6.61 Å². The molecule has 2 heteroatoms. The minimum absolute atomic E-state index is 0.510. The second-order valence-electron chi connectivity index (χ2n) is 3.35. The molecule has 0 saturated carbocycles. The summed E-state index contributed by atoms with van der Waals surface area (Å²) in [5, 5.41) is 0.794. The van der Waals surface area contributed by atoms with Crippen molar-refractivity contribution in [1.82, 2.24) is 0 Å². The van der Waals surface area contributed by atoms with Crippen LogP contribution < -0.4 is 4.74 Å². The first-order valence-corrected chi connectivity index (χ1v) is 5.49. The van der Waals surface area contributed by atoms with Crippen LogP contribution in [0.1, 0.15) is 37.8 Å². The highest BCUT2D eigenvalue weighted by Crippen LogP contribution is 2.36. The third-order valence-corrected chi connectivity index (χ3v) is 2.72. The predicted molar refractivity (Wildman–Crippen MR) is 61.4 cm³/mol. The van der Waals surface area contributed by atoms with Crippen LogP contribution in [0.15, 0.2) is 12.1 Å². The maximum atomic E-state index is 5.96. The Morgan fingerprint density at radius 3 is 2.64 bits per heavy atom. The van der Waals surface area contributed by atoms with Crippen molar-refractivity contribution in [2.45, 2.75) is 33.6 Å². The maximum Gasteiger partial charge on any atom is 0.124 e. The molecule has 0 spiro atoms. The van der Waals surface area contributed by atoms with Gasteiger partial charge in [-0.1, -0.05) is 38.4 Å². The van der Waals surface area contributed by atoms with Crippen molar-refractivity contribution in [2.24, 2.45) is 0 Å². The molecule has 0 radical (unpaired) electrons. The molecule has 0 aliphatic carbocycles. The van der Waals surface area contributed by atoms with Gasteiger partial charge in [-0.15, -0.1) is 0 Å². The Morgan fingerprint density at radius 2 is 2.00 bits per heavy atom. The summed E-state index contributed by atoms with van der Waals surface area (Å²) in [5.41, 5.74) is 2.42. The molecule has 1 aliphatic heterocycles. The van der Waals surface area contributed by atoms with Gasteiger partial charge in [-0.25, -0.2) is 0 Å². The summed E-state index contributed by atoms with van der Waals surface area (Å²) in [7, 11) is 0. The summed E-state index contributed by atoms with van der Waals surface area (Å²) in [4.78, 5) is 0. The van der Waals surface area contributed by atoms with Gasteiger partial charge in [-0.05, 0) is 18.6 Å². The molecule has 0 N–H and O–H groups in total. The Bertz CT molecular complexity index is 320. The van der Waals surface area contributed by atoms with Gasteiger partial charge in [0.25, 0.3) is 0 Å². The van der Waals surface area contributed by atoms with Gasteiger partial charge in [0.1, 0.15) is 5.75 Å². The first kappa shape index (κ1) is 11.4. The van der Waals surface area contributed by atoms with Crippen LogP contribution in [0.25, 0.3) is 0 Å². The lowest BCUT2D eigenvalue weighted by atomic mass is 10.0. The van der Waals surface area contributed by atoms with E-state index in [0.717, 1.165) is 22.9 Å². The lowest BCUT2D eigenvalue weighted by Crippen LogP contribution is -1.93. The van der Waals surface area contributed by atoms with E-state index in [9.17, 15) is 0 Å². The Hall–Kier alpha value is -0.690. The molecule has 1 nitrogen and oxygen atoms in total. The summed E-state index contributed by atoms with van der Waals surface area (Å²) in [5.74, 6) is 1.47. The number of halogens is 1. The number of hydrogen-bond acceptors (Lipinski definition) is 1. The van der Waals surface area contributed by atoms with E-state index in [1.807, 2.05) is 26.8 Å². The molecule has 0 bridgehead atoms. The van der Waals surface area contributed by atoms with Crippen LogP contribution in [-0.2, 0) is 0 Å². The first-order chi connectivity index (χ1) is 6.68. The lowest BCUT2D eigenvalue weighted by Gasteiger charge is -2.03. The molecule has 0 amide bonds. The molecule has 0 aromatic heterocycles. The highest BCUT2D eigenvalue weighted by Gasteiger charge is 2.20. The van der Waals surface area contributed by atoms with E-state index in [-0.39, 0.29) is 0 Å². The zero-order valence-corrected chi connectivity index (χ0v) is 9.98. The van der Waals surface area contributed by atoms with Gasteiger partial charge in [-0.3, -0.25) is 0 Å². The van der Waals surface area contributed by atoms with Crippen LogP contribution >= 0.6 is 11.6 Å². The van der Waals surface area contributed by atoms with Crippen molar-refractivity contribution in [2.75, 3.05) is 6.61 Å². The number of aryl methyl sites for hydroxylation is 1. The molecule has 78 valence electrons. The molecule has 2 rings (SSSR count). The fourth-order valence-corrected chi connectivity index (χ4v) is 1.65.